The van der Waals surface area contributed by atoms with E-state index >= 15 is 0 Å². The van der Waals surface area contributed by atoms with Crippen molar-refractivity contribution in [3.63, 3.8) is 0 Å². The van der Waals surface area contributed by atoms with E-state index in [2.05, 4.69) is 18.0 Å². The number of sulfone groups is 1. The minimum absolute atomic E-state index is 0.373. The molecule has 2 rings (SSSR count). The van der Waals surface area contributed by atoms with Gasteiger partial charge >= 0.3 is 0 Å². The Kier molecular flexibility index (Phi) is 6.72. The molecule has 1 amide bonds. The van der Waals surface area contributed by atoms with Gasteiger partial charge in [-0.2, -0.15) is 0 Å². The summed E-state index contributed by atoms with van der Waals surface area (Å²) in [5, 5.41) is 2.33. The lowest BCUT2D eigenvalue weighted by Crippen LogP contribution is -2.50. The lowest BCUT2D eigenvalue weighted by Gasteiger charge is -2.27. The largest absolute Gasteiger partial charge is 0.497 e. The van der Waals surface area contributed by atoms with Gasteiger partial charge in [-0.3, -0.25) is 4.79 Å². The molecular formula is C20H31NO4S. The lowest BCUT2D eigenvalue weighted by atomic mass is 9.94. The molecule has 2 aliphatic carbocycles. The second kappa shape index (κ2) is 8.42. The van der Waals surface area contributed by atoms with Gasteiger partial charge in [0.05, 0.1) is 12.4 Å². The summed E-state index contributed by atoms with van der Waals surface area (Å²) in [6, 6.07) is 0. The summed E-state index contributed by atoms with van der Waals surface area (Å²) < 4.78 is 29.4. The van der Waals surface area contributed by atoms with Crippen molar-refractivity contribution in [2.45, 2.75) is 68.8 Å². The van der Waals surface area contributed by atoms with Gasteiger partial charge < -0.3 is 10.1 Å². The van der Waals surface area contributed by atoms with Crippen molar-refractivity contribution >= 4 is 15.7 Å². The van der Waals surface area contributed by atoms with Crippen LogP contribution in [0.5, 0.6) is 0 Å². The van der Waals surface area contributed by atoms with Crippen LogP contribution in [0.2, 0.25) is 0 Å². The van der Waals surface area contributed by atoms with Crippen molar-refractivity contribution in [3.8, 4) is 0 Å². The molecule has 26 heavy (non-hydrogen) atoms. The normalized spacial score (nSPS) is 21.3. The predicted octanol–water partition coefficient (Wildman–Crippen LogP) is 3.64. The van der Waals surface area contributed by atoms with Gasteiger partial charge in [0, 0.05) is 5.70 Å². The maximum Gasteiger partial charge on any atom is 0.244 e. The summed E-state index contributed by atoms with van der Waals surface area (Å²) in [6.45, 7) is 6.92. The van der Waals surface area contributed by atoms with Crippen molar-refractivity contribution in [2.24, 2.45) is 5.92 Å². The number of nitrogens with one attached hydrogen (secondary N) is 1. The summed E-state index contributed by atoms with van der Waals surface area (Å²) in [7, 11) is -1.87. The van der Waals surface area contributed by atoms with Crippen molar-refractivity contribution in [2.75, 3.05) is 7.11 Å². The van der Waals surface area contributed by atoms with Crippen LogP contribution in [0.25, 0.3) is 0 Å². The summed E-state index contributed by atoms with van der Waals surface area (Å²) in [4.78, 5) is 12.6. The molecule has 0 aromatic heterocycles. The minimum atomic E-state index is -3.51. The Labute approximate surface area is 157 Å². The maximum atomic E-state index is 12.8. The zero-order valence-electron chi connectivity index (χ0n) is 16.1. The molecule has 1 N–H and O–H groups in total. The summed E-state index contributed by atoms with van der Waals surface area (Å²) in [5.41, 5.74) is 0.569. The van der Waals surface area contributed by atoms with Crippen LogP contribution >= 0.6 is 0 Å². The van der Waals surface area contributed by atoms with E-state index in [0.717, 1.165) is 31.4 Å². The number of carbonyl (C=O) groups is 1. The van der Waals surface area contributed by atoms with Gasteiger partial charge in [0.25, 0.3) is 0 Å². The van der Waals surface area contributed by atoms with Gasteiger partial charge in [0.1, 0.15) is 10.5 Å². The zero-order chi connectivity index (χ0) is 19.4. The van der Waals surface area contributed by atoms with E-state index in [1.165, 1.54) is 13.8 Å². The van der Waals surface area contributed by atoms with Crippen LogP contribution in [0.3, 0.4) is 0 Å². The minimum Gasteiger partial charge on any atom is -0.497 e. The Hall–Kier alpha value is -1.56. The number of methoxy groups -OCH3 is 1. The monoisotopic (exact) mass is 381 g/mol. The molecule has 0 bridgehead atoms. The number of hydrogen-bond acceptors (Lipinski definition) is 4. The van der Waals surface area contributed by atoms with Crippen LogP contribution in [0.15, 0.2) is 36.3 Å². The fourth-order valence-electron chi connectivity index (χ4n) is 3.49. The van der Waals surface area contributed by atoms with Crippen molar-refractivity contribution in [1.82, 2.24) is 5.32 Å². The van der Waals surface area contributed by atoms with Crippen LogP contribution in [0.1, 0.15) is 58.8 Å². The third-order valence-corrected chi connectivity index (χ3v) is 8.45. The number of hydrogen-bond donors (Lipinski definition) is 1. The average molecular weight is 382 g/mol. The fourth-order valence-corrected chi connectivity index (χ4v) is 5.58. The van der Waals surface area contributed by atoms with Crippen LogP contribution < -0.4 is 5.32 Å². The SMILES string of the molecule is C=C(CCC1C=CC(OC)=CC1)NC(=O)C(C)(C)S(=O)(=O)C1CCCC1. The molecule has 1 fully saturated rings. The summed E-state index contributed by atoms with van der Waals surface area (Å²) >= 11 is 0. The first-order valence-electron chi connectivity index (χ1n) is 9.33. The topological polar surface area (TPSA) is 72.5 Å². The van der Waals surface area contributed by atoms with Crippen molar-refractivity contribution in [3.05, 3.63) is 36.3 Å². The second-order valence-corrected chi connectivity index (χ2v) is 10.5. The molecule has 0 aliphatic heterocycles. The molecule has 1 unspecified atom stereocenters. The van der Waals surface area contributed by atoms with Gasteiger partial charge in [-0.25, -0.2) is 8.42 Å². The number of carbonyl (C=O) groups excluding carboxylic acids is 1. The van der Waals surface area contributed by atoms with E-state index in [1.807, 2.05) is 12.2 Å². The molecule has 6 heteroatoms. The molecule has 1 saturated carbocycles. The highest BCUT2D eigenvalue weighted by molar-refractivity contribution is 7.94. The molecule has 0 aromatic carbocycles. The van der Waals surface area contributed by atoms with E-state index in [0.29, 0.717) is 30.9 Å². The molecule has 0 aromatic rings. The van der Waals surface area contributed by atoms with Crippen molar-refractivity contribution < 1.29 is 17.9 Å². The third-order valence-electron chi connectivity index (χ3n) is 5.50. The van der Waals surface area contributed by atoms with Gasteiger partial charge in [-0.15, -0.1) is 0 Å². The van der Waals surface area contributed by atoms with E-state index in [-0.39, 0.29) is 0 Å². The quantitative estimate of drug-likeness (QED) is 0.697. The molecule has 1 atom stereocenters. The number of allylic oxidation sites excluding steroid dienone is 4. The van der Waals surface area contributed by atoms with Gasteiger partial charge in [0.2, 0.25) is 5.91 Å². The Morgan fingerprint density at radius 1 is 1.35 bits per heavy atom. The van der Waals surface area contributed by atoms with E-state index in [1.54, 1.807) is 7.11 Å². The summed E-state index contributed by atoms with van der Waals surface area (Å²) in [6.07, 6.45) is 11.6. The third kappa shape index (κ3) is 4.58. The lowest BCUT2D eigenvalue weighted by molar-refractivity contribution is -0.122. The van der Waals surface area contributed by atoms with Crippen LogP contribution in [-0.4, -0.2) is 31.4 Å². The highest BCUT2D eigenvalue weighted by Crippen LogP contribution is 2.32. The fraction of sp³-hybridized carbons (Fsp3) is 0.650. The van der Waals surface area contributed by atoms with Crippen molar-refractivity contribution in [1.29, 1.82) is 0 Å². The van der Waals surface area contributed by atoms with Gasteiger partial charge in [0.15, 0.2) is 9.84 Å². The summed E-state index contributed by atoms with van der Waals surface area (Å²) in [5.74, 6) is 0.764. The first kappa shape index (κ1) is 20.7. The van der Waals surface area contributed by atoms with Crippen LogP contribution in [0, 0.1) is 5.92 Å². The highest BCUT2D eigenvalue weighted by Gasteiger charge is 2.46. The molecule has 5 nitrogen and oxygen atoms in total. The molecule has 0 spiro atoms. The molecule has 0 radical (unpaired) electrons. The van der Waals surface area contributed by atoms with Gasteiger partial charge in [-0.05, 0) is 64.0 Å². The Bertz CT molecular complexity index is 697. The molecule has 2 aliphatic rings. The Morgan fingerprint density at radius 2 is 2.00 bits per heavy atom. The Morgan fingerprint density at radius 3 is 2.54 bits per heavy atom. The predicted molar refractivity (Wildman–Crippen MR) is 104 cm³/mol. The average Bonchev–Trinajstić information content (AvgIpc) is 3.15. The van der Waals surface area contributed by atoms with Crippen LogP contribution in [-0.2, 0) is 19.4 Å². The first-order chi connectivity index (χ1) is 12.2. The number of ether oxygens (including phenoxy) is 1. The second-order valence-electron chi connectivity index (χ2n) is 7.72. The standard InChI is InChI=1S/C20H31NO4S/c1-15(9-10-16-11-13-17(25-4)14-12-16)21-19(22)20(2,3)26(23,24)18-7-5-6-8-18/h11,13-14,16,18H,1,5-10,12H2,2-4H3,(H,21,22). The maximum absolute atomic E-state index is 12.8. The van der Waals surface area contributed by atoms with E-state index in [4.69, 9.17) is 4.74 Å². The van der Waals surface area contributed by atoms with E-state index < -0.39 is 25.7 Å². The van der Waals surface area contributed by atoms with E-state index in [9.17, 15) is 13.2 Å². The van der Waals surface area contributed by atoms with Crippen LogP contribution in [0.4, 0.5) is 0 Å². The van der Waals surface area contributed by atoms with Gasteiger partial charge in [-0.1, -0.05) is 25.5 Å². The molecule has 0 heterocycles. The highest BCUT2D eigenvalue weighted by atomic mass is 32.2. The Balaban J connectivity index is 1.87. The smallest absolute Gasteiger partial charge is 0.244 e. The number of amides is 1. The first-order valence-corrected chi connectivity index (χ1v) is 10.9. The zero-order valence-corrected chi connectivity index (χ0v) is 16.9. The molecular weight excluding hydrogens is 350 g/mol. The number of rotatable bonds is 8. The molecule has 0 saturated heterocycles. The molecule has 146 valence electrons.